The lowest BCUT2D eigenvalue weighted by Crippen LogP contribution is -2.61. The first kappa shape index (κ1) is 39.1. The Morgan fingerprint density at radius 3 is 2.23 bits per heavy atom. The van der Waals surface area contributed by atoms with Gasteiger partial charge in [-0.15, -0.1) is 16.5 Å². The molecule has 4 N–H and O–H groups in total. The van der Waals surface area contributed by atoms with E-state index in [1.807, 2.05) is 0 Å². The van der Waals surface area contributed by atoms with Crippen LogP contribution in [-0.2, 0) is 21.6 Å². The SMILES string of the molecule is CN=NC(=O)C1O[C@@H](Oc2ccc(C[C@@H](c3ccc(OC(F)F)c(OC4CC4)c3)c3cnc(C(O)(C(F)(F)F)C(F)(F)F)s3)cn2)[C@H](O)C(O)[C@@H]1O. The lowest BCUT2D eigenvalue weighted by molar-refractivity contribution is -0.376. The molecule has 1 amide bonds. The van der Waals surface area contributed by atoms with Gasteiger partial charge in [-0.3, -0.25) is 4.79 Å². The number of hydrogen-bond acceptors (Lipinski definition) is 13. The average molecular weight is 773 g/mol. The summed E-state index contributed by atoms with van der Waals surface area (Å²) in [7, 11) is 1.17. The number of thiazole rings is 1. The van der Waals surface area contributed by atoms with Gasteiger partial charge in [0.15, 0.2) is 17.6 Å². The van der Waals surface area contributed by atoms with Gasteiger partial charge < -0.3 is 39.4 Å². The number of aliphatic hydroxyl groups is 4. The summed E-state index contributed by atoms with van der Waals surface area (Å²) in [4.78, 5) is 19.3. The minimum atomic E-state index is -6.20. The van der Waals surface area contributed by atoms with E-state index in [1.165, 1.54) is 37.5 Å². The van der Waals surface area contributed by atoms with Gasteiger partial charge in [0.2, 0.25) is 12.2 Å². The fraction of sp³-hybridized carbons (Fsp3) is 0.500. The number of aromatic nitrogens is 2. The maximum atomic E-state index is 13.7. The van der Waals surface area contributed by atoms with Crippen LogP contribution in [0.25, 0.3) is 0 Å². The van der Waals surface area contributed by atoms with Gasteiger partial charge in [0, 0.05) is 36.3 Å². The van der Waals surface area contributed by atoms with Crippen molar-refractivity contribution in [1.29, 1.82) is 0 Å². The van der Waals surface area contributed by atoms with E-state index in [4.69, 9.17) is 14.2 Å². The first-order chi connectivity index (χ1) is 24.3. The summed E-state index contributed by atoms with van der Waals surface area (Å²) < 4.78 is 129. The molecule has 3 heterocycles. The molecule has 2 aliphatic rings. The number of amides is 1. The van der Waals surface area contributed by atoms with E-state index < -0.39 is 72.1 Å². The van der Waals surface area contributed by atoms with Crippen molar-refractivity contribution in [2.45, 2.75) is 86.6 Å². The molecule has 1 saturated carbocycles. The standard InChI is InChI=1S/C30H28F8N4O9S/c1-39-42-24(46)23-21(44)20(43)22(45)25(51-23)50-19-7-2-12(10-40-19)8-15(13-3-6-16(49-27(31)32)17(9-13)48-14-4-5-14)18-11-41-26(52-18)28(47,29(33,34)35)30(36,37)38/h2-3,6-7,9-11,14-15,20-23,25,27,43-45,47H,4-5,8H2,1H3/t15-,20?,21-,22+,23?,25+/m0/s1. The van der Waals surface area contributed by atoms with Gasteiger partial charge in [-0.05, 0) is 42.5 Å². The van der Waals surface area contributed by atoms with Crippen LogP contribution >= 0.6 is 11.3 Å². The number of aliphatic hydroxyl groups excluding tert-OH is 3. The van der Waals surface area contributed by atoms with Crippen LogP contribution in [0.3, 0.4) is 0 Å². The topological polar surface area (TPSA) is 185 Å². The maximum absolute atomic E-state index is 13.7. The van der Waals surface area contributed by atoms with Crippen LogP contribution in [-0.4, -0.2) is 99.1 Å². The number of halogens is 8. The zero-order chi connectivity index (χ0) is 38.2. The quantitative estimate of drug-likeness (QED) is 0.153. The third-order valence-corrected chi connectivity index (χ3v) is 9.11. The molecule has 1 saturated heterocycles. The molecule has 3 aromatic rings. The van der Waals surface area contributed by atoms with Gasteiger partial charge in [-0.2, -0.15) is 40.2 Å². The first-order valence-corrected chi connectivity index (χ1v) is 15.9. The molecule has 284 valence electrons. The molecule has 2 aromatic heterocycles. The van der Waals surface area contributed by atoms with Crippen LogP contribution < -0.4 is 14.2 Å². The summed E-state index contributed by atoms with van der Waals surface area (Å²) in [5.41, 5.74) is -4.85. The van der Waals surface area contributed by atoms with E-state index >= 15 is 0 Å². The smallest absolute Gasteiger partial charge is 0.433 e. The van der Waals surface area contributed by atoms with Crippen LogP contribution in [0.1, 0.15) is 39.8 Å². The minimum absolute atomic E-state index is 0.0730. The Morgan fingerprint density at radius 1 is 0.962 bits per heavy atom. The number of hydrogen-bond donors (Lipinski definition) is 4. The molecule has 5 rings (SSSR count). The van der Waals surface area contributed by atoms with Crippen molar-refractivity contribution in [1.82, 2.24) is 9.97 Å². The highest BCUT2D eigenvalue weighted by molar-refractivity contribution is 7.11. The number of rotatable bonds is 12. The van der Waals surface area contributed by atoms with Crippen molar-refractivity contribution in [2.24, 2.45) is 10.2 Å². The third-order valence-electron chi connectivity index (χ3n) is 7.89. The number of azo groups is 1. The summed E-state index contributed by atoms with van der Waals surface area (Å²) in [5.74, 6) is -3.00. The Kier molecular flexibility index (Phi) is 11.4. The Morgan fingerprint density at radius 2 is 1.65 bits per heavy atom. The molecule has 13 nitrogen and oxygen atoms in total. The molecular formula is C30H28F8N4O9S. The van der Waals surface area contributed by atoms with Crippen LogP contribution in [0.15, 0.2) is 53.0 Å². The van der Waals surface area contributed by atoms with E-state index in [0.29, 0.717) is 12.8 Å². The largest absolute Gasteiger partial charge is 0.487 e. The van der Waals surface area contributed by atoms with E-state index in [2.05, 4.69) is 24.9 Å². The number of benzene rings is 1. The van der Waals surface area contributed by atoms with Crippen LogP contribution in [0.2, 0.25) is 0 Å². The highest BCUT2D eigenvalue weighted by atomic mass is 32.1. The lowest BCUT2D eigenvalue weighted by Gasteiger charge is -2.38. The van der Waals surface area contributed by atoms with Gasteiger partial charge in [0.05, 0.1) is 6.10 Å². The summed E-state index contributed by atoms with van der Waals surface area (Å²) in [6, 6.07) is 6.19. The first-order valence-electron chi connectivity index (χ1n) is 15.1. The Labute approximate surface area is 291 Å². The van der Waals surface area contributed by atoms with E-state index in [0.717, 1.165) is 12.3 Å². The molecule has 0 spiro atoms. The number of alkyl halides is 8. The summed E-state index contributed by atoms with van der Waals surface area (Å²) in [6.45, 7) is -3.25. The molecule has 22 heteroatoms. The number of carbonyl (C=O) groups excluding carboxylic acids is 1. The monoisotopic (exact) mass is 772 g/mol. The molecule has 2 unspecified atom stereocenters. The molecule has 0 bridgehead atoms. The van der Waals surface area contributed by atoms with Gasteiger partial charge >= 0.3 is 24.6 Å². The maximum Gasteiger partial charge on any atom is 0.433 e. The average Bonchev–Trinajstić information content (AvgIpc) is 3.75. The van der Waals surface area contributed by atoms with Gasteiger partial charge in [-0.25, -0.2) is 9.97 Å². The highest BCUT2D eigenvalue weighted by Crippen LogP contribution is 2.52. The van der Waals surface area contributed by atoms with Crippen LogP contribution in [0.4, 0.5) is 35.1 Å². The van der Waals surface area contributed by atoms with Crippen molar-refractivity contribution in [3.05, 3.63) is 63.7 Å². The fourth-order valence-corrected chi connectivity index (χ4v) is 6.23. The Bertz CT molecular complexity index is 1730. The normalized spacial score (nSPS) is 23.5. The van der Waals surface area contributed by atoms with Crippen molar-refractivity contribution in [3.8, 4) is 17.4 Å². The Balaban J connectivity index is 1.47. The van der Waals surface area contributed by atoms with Gasteiger partial charge in [0.1, 0.15) is 23.3 Å². The predicted molar refractivity (Wildman–Crippen MR) is 158 cm³/mol. The number of ether oxygens (including phenoxy) is 4. The summed E-state index contributed by atoms with van der Waals surface area (Å²) >= 11 is -0.0730. The third kappa shape index (κ3) is 8.26. The van der Waals surface area contributed by atoms with E-state index in [9.17, 15) is 60.3 Å². The minimum Gasteiger partial charge on any atom is -0.487 e. The van der Waals surface area contributed by atoms with E-state index in [-0.39, 0.29) is 57.2 Å². The molecule has 1 aliphatic carbocycles. The van der Waals surface area contributed by atoms with E-state index in [1.54, 1.807) is 0 Å². The van der Waals surface area contributed by atoms with Crippen molar-refractivity contribution in [2.75, 3.05) is 7.05 Å². The highest BCUT2D eigenvalue weighted by Gasteiger charge is 2.73. The van der Waals surface area contributed by atoms with Gasteiger partial charge in [0.25, 0.3) is 5.91 Å². The second-order valence-corrected chi connectivity index (χ2v) is 12.7. The fourth-order valence-electron chi connectivity index (χ4n) is 5.05. The molecule has 6 atom stereocenters. The second kappa shape index (κ2) is 15.1. The number of pyridine rings is 1. The summed E-state index contributed by atoms with van der Waals surface area (Å²) in [5, 5.41) is 45.4. The van der Waals surface area contributed by atoms with Crippen molar-refractivity contribution < 1.29 is 79.3 Å². The molecule has 1 aromatic carbocycles. The number of nitrogens with zero attached hydrogens (tertiary/aromatic N) is 4. The van der Waals surface area contributed by atoms with Crippen LogP contribution in [0.5, 0.6) is 17.4 Å². The lowest BCUT2D eigenvalue weighted by atomic mass is 9.91. The van der Waals surface area contributed by atoms with Crippen LogP contribution in [0, 0.1) is 0 Å². The summed E-state index contributed by atoms with van der Waals surface area (Å²) in [6.07, 6.45) is -19.1. The van der Waals surface area contributed by atoms with Crippen molar-refractivity contribution in [3.63, 3.8) is 0 Å². The molecular weight excluding hydrogens is 744 g/mol. The molecule has 0 radical (unpaired) electrons. The molecule has 2 fully saturated rings. The predicted octanol–water partition coefficient (Wildman–Crippen LogP) is 4.16. The number of carbonyl (C=O) groups is 1. The van der Waals surface area contributed by atoms with Gasteiger partial charge in [-0.1, -0.05) is 12.1 Å². The van der Waals surface area contributed by atoms with Crippen molar-refractivity contribution >= 4 is 17.2 Å². The zero-order valence-corrected chi connectivity index (χ0v) is 27.1. The second-order valence-electron chi connectivity index (χ2n) is 11.6. The Hall–Kier alpha value is -4.09. The zero-order valence-electron chi connectivity index (χ0n) is 26.3. The molecule has 1 aliphatic heterocycles. The molecule has 52 heavy (non-hydrogen) atoms.